The highest BCUT2D eigenvalue weighted by Crippen LogP contribution is 2.43. The van der Waals surface area contributed by atoms with Gasteiger partial charge in [0.05, 0.1) is 18.9 Å². The monoisotopic (exact) mass is 408 g/mol. The Bertz CT molecular complexity index is 1310. The first-order chi connectivity index (χ1) is 15.0. The van der Waals surface area contributed by atoms with Gasteiger partial charge in [-0.15, -0.1) is 0 Å². The van der Waals surface area contributed by atoms with E-state index in [1.807, 2.05) is 24.3 Å². The van der Waals surface area contributed by atoms with Crippen LogP contribution in [0.3, 0.4) is 0 Å². The lowest BCUT2D eigenvalue weighted by Crippen LogP contribution is -2.21. The fourth-order valence-electron chi connectivity index (χ4n) is 4.42. The molecule has 0 unspecified atom stereocenters. The van der Waals surface area contributed by atoms with Crippen molar-refractivity contribution in [3.63, 3.8) is 0 Å². The van der Waals surface area contributed by atoms with Crippen LogP contribution in [0, 0.1) is 0 Å². The van der Waals surface area contributed by atoms with Gasteiger partial charge in [0, 0.05) is 5.57 Å². The van der Waals surface area contributed by atoms with Crippen molar-refractivity contribution in [3.8, 4) is 11.1 Å². The van der Waals surface area contributed by atoms with Crippen LogP contribution in [0.4, 0.5) is 0 Å². The molecule has 3 heteroatoms. The number of furan rings is 1. The van der Waals surface area contributed by atoms with E-state index in [1.54, 1.807) is 18.4 Å². The summed E-state index contributed by atoms with van der Waals surface area (Å²) in [6, 6.07) is 22.6. The molecule has 3 nitrogen and oxygen atoms in total. The van der Waals surface area contributed by atoms with E-state index in [2.05, 4.69) is 50.3 Å². The first kappa shape index (κ1) is 19.4. The minimum absolute atomic E-state index is 0.0714. The first-order valence-corrected chi connectivity index (χ1v) is 10.5. The van der Waals surface area contributed by atoms with Crippen molar-refractivity contribution in [3.05, 3.63) is 102 Å². The average Bonchev–Trinajstić information content (AvgIpc) is 3.32. The molecular formula is C28H24O3. The molecule has 0 saturated carbocycles. The quantitative estimate of drug-likeness (QED) is 0.343. The highest BCUT2D eigenvalue weighted by molar-refractivity contribution is 5.94. The summed E-state index contributed by atoms with van der Waals surface area (Å²) in [6.07, 6.45) is 5.00. The van der Waals surface area contributed by atoms with E-state index in [0.29, 0.717) is 5.56 Å². The van der Waals surface area contributed by atoms with Gasteiger partial charge in [0.15, 0.2) is 0 Å². The molecule has 1 aliphatic rings. The number of carbonyl (C=O) groups excluding carboxylic acids is 1. The Morgan fingerprint density at radius 1 is 0.935 bits per heavy atom. The summed E-state index contributed by atoms with van der Waals surface area (Å²) in [5.74, 6) is 0.585. The molecule has 3 aromatic carbocycles. The fourth-order valence-corrected chi connectivity index (χ4v) is 4.42. The van der Waals surface area contributed by atoms with Crippen molar-refractivity contribution in [2.45, 2.75) is 25.7 Å². The van der Waals surface area contributed by atoms with Gasteiger partial charge in [-0.25, -0.2) is 4.79 Å². The van der Waals surface area contributed by atoms with Gasteiger partial charge in [-0.2, -0.15) is 0 Å². The summed E-state index contributed by atoms with van der Waals surface area (Å²) in [5.41, 5.74) is 6.55. The van der Waals surface area contributed by atoms with Crippen LogP contribution in [0.1, 0.15) is 47.5 Å². The van der Waals surface area contributed by atoms with E-state index in [4.69, 9.17) is 9.15 Å². The van der Waals surface area contributed by atoms with Gasteiger partial charge in [-0.3, -0.25) is 0 Å². The Morgan fingerprint density at radius 3 is 2.42 bits per heavy atom. The molecule has 154 valence electrons. The fraction of sp³-hybridized carbons (Fsp3) is 0.179. The number of fused-ring (bicyclic) bond motifs is 2. The number of allylic oxidation sites excluding steroid dienone is 1. The van der Waals surface area contributed by atoms with Crippen molar-refractivity contribution in [2.75, 3.05) is 7.11 Å². The minimum atomic E-state index is -0.323. The average molecular weight is 408 g/mol. The molecule has 4 aromatic rings. The molecule has 1 aromatic heterocycles. The largest absolute Gasteiger partial charge is 0.465 e. The van der Waals surface area contributed by atoms with Crippen molar-refractivity contribution < 1.29 is 13.9 Å². The second kappa shape index (κ2) is 7.28. The lowest BCUT2D eigenvalue weighted by atomic mass is 9.72. The minimum Gasteiger partial charge on any atom is -0.465 e. The van der Waals surface area contributed by atoms with E-state index >= 15 is 0 Å². The van der Waals surface area contributed by atoms with Crippen molar-refractivity contribution in [2.24, 2.45) is 0 Å². The van der Waals surface area contributed by atoms with Gasteiger partial charge >= 0.3 is 5.97 Å². The van der Waals surface area contributed by atoms with Crippen LogP contribution in [-0.4, -0.2) is 13.1 Å². The third kappa shape index (κ3) is 3.36. The van der Waals surface area contributed by atoms with Crippen LogP contribution in [0.15, 0.2) is 83.5 Å². The van der Waals surface area contributed by atoms with E-state index in [-0.39, 0.29) is 11.4 Å². The van der Waals surface area contributed by atoms with Gasteiger partial charge in [0.25, 0.3) is 0 Å². The third-order valence-corrected chi connectivity index (χ3v) is 6.24. The molecule has 0 aliphatic heterocycles. The van der Waals surface area contributed by atoms with Crippen molar-refractivity contribution in [1.29, 1.82) is 0 Å². The number of carbonyl (C=O) groups is 1. The summed E-state index contributed by atoms with van der Waals surface area (Å²) in [7, 11) is 1.40. The highest BCUT2D eigenvalue weighted by Gasteiger charge is 2.29. The van der Waals surface area contributed by atoms with Crippen LogP contribution in [0.5, 0.6) is 0 Å². The van der Waals surface area contributed by atoms with Crippen molar-refractivity contribution >= 4 is 22.3 Å². The van der Waals surface area contributed by atoms with Gasteiger partial charge in [0.1, 0.15) is 5.76 Å². The Kier molecular flexibility index (Phi) is 4.55. The molecule has 0 fully saturated rings. The lowest BCUT2D eigenvalue weighted by molar-refractivity contribution is 0.0600. The SMILES string of the molecule is COC(=O)c1ccc(-c2ccc3cc4c(cc3c2)C(c2ccco2)=CCC4(C)C)cc1. The van der Waals surface area contributed by atoms with Gasteiger partial charge in [-0.05, 0) is 87.3 Å². The number of methoxy groups -OCH3 is 1. The zero-order valence-corrected chi connectivity index (χ0v) is 17.9. The Balaban J connectivity index is 1.62. The molecule has 1 heterocycles. The van der Waals surface area contributed by atoms with E-state index in [1.165, 1.54) is 29.0 Å². The highest BCUT2D eigenvalue weighted by atomic mass is 16.5. The van der Waals surface area contributed by atoms with Crippen molar-refractivity contribution in [1.82, 2.24) is 0 Å². The van der Waals surface area contributed by atoms with Crippen LogP contribution in [-0.2, 0) is 10.2 Å². The zero-order valence-electron chi connectivity index (χ0n) is 17.9. The zero-order chi connectivity index (χ0) is 21.6. The smallest absolute Gasteiger partial charge is 0.337 e. The summed E-state index contributed by atoms with van der Waals surface area (Å²) in [5, 5.41) is 2.41. The Labute approximate surface area is 182 Å². The van der Waals surface area contributed by atoms with Crippen LogP contribution < -0.4 is 0 Å². The topological polar surface area (TPSA) is 39.4 Å². The summed E-state index contributed by atoms with van der Waals surface area (Å²) < 4.78 is 10.5. The second-order valence-electron chi connectivity index (χ2n) is 8.71. The normalized spacial score (nSPS) is 14.7. The summed E-state index contributed by atoms with van der Waals surface area (Å²) in [4.78, 5) is 11.7. The number of hydrogen-bond acceptors (Lipinski definition) is 3. The maximum absolute atomic E-state index is 11.7. The summed E-state index contributed by atoms with van der Waals surface area (Å²) >= 11 is 0. The maximum atomic E-state index is 11.7. The number of hydrogen-bond donors (Lipinski definition) is 0. The van der Waals surface area contributed by atoms with Gasteiger partial charge in [0.2, 0.25) is 0 Å². The molecule has 31 heavy (non-hydrogen) atoms. The predicted molar refractivity (Wildman–Crippen MR) is 124 cm³/mol. The Morgan fingerprint density at radius 2 is 1.71 bits per heavy atom. The molecule has 5 rings (SSSR count). The standard InChI is InChI=1S/C28H24O3/c1-28(2)13-12-23(26-5-4-14-31-26)24-16-22-15-20(10-11-21(22)17-25(24)28)18-6-8-19(9-7-18)27(29)30-3/h4-12,14-17H,13H2,1-3H3. The number of esters is 1. The number of ether oxygens (including phenoxy) is 1. The molecule has 1 aliphatic carbocycles. The molecule has 0 N–H and O–H groups in total. The number of benzene rings is 3. The second-order valence-corrected chi connectivity index (χ2v) is 8.71. The third-order valence-electron chi connectivity index (χ3n) is 6.24. The molecule has 0 atom stereocenters. The van der Waals surface area contributed by atoms with E-state index in [0.717, 1.165) is 28.9 Å². The van der Waals surface area contributed by atoms with E-state index < -0.39 is 0 Å². The predicted octanol–water partition coefficient (Wildman–Crippen LogP) is 7.00. The number of rotatable bonds is 3. The molecule has 0 spiro atoms. The molecular weight excluding hydrogens is 384 g/mol. The van der Waals surface area contributed by atoms with Gasteiger partial charge in [-0.1, -0.05) is 44.2 Å². The van der Waals surface area contributed by atoms with E-state index in [9.17, 15) is 4.79 Å². The Hall–Kier alpha value is -3.59. The maximum Gasteiger partial charge on any atom is 0.337 e. The molecule has 0 saturated heterocycles. The molecule has 0 amide bonds. The summed E-state index contributed by atoms with van der Waals surface area (Å²) in [6.45, 7) is 4.59. The molecule has 0 radical (unpaired) electrons. The van der Waals surface area contributed by atoms with Crippen LogP contribution >= 0.6 is 0 Å². The molecule has 0 bridgehead atoms. The van der Waals surface area contributed by atoms with Crippen LogP contribution in [0.2, 0.25) is 0 Å². The van der Waals surface area contributed by atoms with Crippen LogP contribution in [0.25, 0.3) is 27.5 Å². The lowest BCUT2D eigenvalue weighted by Gasteiger charge is -2.32. The first-order valence-electron chi connectivity index (χ1n) is 10.5. The van der Waals surface area contributed by atoms with Gasteiger partial charge < -0.3 is 9.15 Å².